The van der Waals surface area contributed by atoms with E-state index in [1.807, 2.05) is 9.80 Å². The second-order valence-corrected chi connectivity index (χ2v) is 9.18. The number of carbonyl (C=O) groups excluding carboxylic acids is 2. The maximum absolute atomic E-state index is 12.6. The van der Waals surface area contributed by atoms with Gasteiger partial charge in [0.05, 0.1) is 6.54 Å². The van der Waals surface area contributed by atoms with E-state index >= 15 is 0 Å². The van der Waals surface area contributed by atoms with E-state index in [0.29, 0.717) is 18.4 Å². The lowest BCUT2D eigenvalue weighted by Crippen LogP contribution is -2.54. The number of urea groups is 1. The fourth-order valence-corrected chi connectivity index (χ4v) is 5.06. The Labute approximate surface area is 164 Å². The number of hydrogen-bond donors (Lipinski definition) is 1. The zero-order valence-electron chi connectivity index (χ0n) is 17.3. The Morgan fingerprint density at radius 3 is 2.19 bits per heavy atom. The highest BCUT2D eigenvalue weighted by molar-refractivity contribution is 5.78. The number of hydrogen-bond acceptors (Lipinski definition) is 3. The summed E-state index contributed by atoms with van der Waals surface area (Å²) in [5.41, 5.74) is 0. The molecule has 0 bridgehead atoms. The van der Waals surface area contributed by atoms with Gasteiger partial charge in [0.15, 0.2) is 0 Å². The Hall–Kier alpha value is -1.30. The van der Waals surface area contributed by atoms with Crippen LogP contribution in [0.3, 0.4) is 0 Å². The van der Waals surface area contributed by atoms with Crippen LogP contribution in [0.2, 0.25) is 0 Å². The second-order valence-electron chi connectivity index (χ2n) is 9.18. The summed E-state index contributed by atoms with van der Waals surface area (Å²) < 4.78 is 0. The normalized spacial score (nSPS) is 27.8. The molecule has 0 aromatic rings. The average Bonchev–Trinajstić information content (AvgIpc) is 3.15. The molecule has 2 aliphatic heterocycles. The molecule has 2 atom stereocenters. The highest BCUT2D eigenvalue weighted by atomic mass is 16.2. The first-order chi connectivity index (χ1) is 13.0. The minimum absolute atomic E-state index is 0.0673. The Morgan fingerprint density at radius 1 is 0.926 bits per heavy atom. The zero-order chi connectivity index (χ0) is 19.2. The maximum Gasteiger partial charge on any atom is 0.317 e. The molecule has 1 aliphatic carbocycles. The van der Waals surface area contributed by atoms with Gasteiger partial charge in [0.1, 0.15) is 0 Å². The van der Waals surface area contributed by atoms with Crippen molar-refractivity contribution < 1.29 is 9.59 Å². The lowest BCUT2D eigenvalue weighted by Gasteiger charge is -2.38. The molecule has 3 rings (SSSR count). The van der Waals surface area contributed by atoms with Crippen molar-refractivity contribution in [2.24, 2.45) is 17.8 Å². The van der Waals surface area contributed by atoms with Crippen molar-refractivity contribution >= 4 is 11.9 Å². The highest BCUT2D eigenvalue weighted by Gasteiger charge is 2.28. The summed E-state index contributed by atoms with van der Waals surface area (Å²) >= 11 is 0. The third-order valence-electron chi connectivity index (χ3n) is 6.54. The molecule has 1 saturated carbocycles. The first-order valence-corrected chi connectivity index (χ1v) is 11.0. The molecule has 27 heavy (non-hydrogen) atoms. The van der Waals surface area contributed by atoms with Crippen LogP contribution in [0.4, 0.5) is 4.79 Å². The summed E-state index contributed by atoms with van der Waals surface area (Å²) in [6.45, 7) is 10.6. The number of likely N-dealkylation sites (tertiary alicyclic amines) is 1. The minimum Gasteiger partial charge on any atom is -0.341 e. The van der Waals surface area contributed by atoms with Gasteiger partial charge in [-0.05, 0) is 30.6 Å². The highest BCUT2D eigenvalue weighted by Crippen LogP contribution is 2.27. The van der Waals surface area contributed by atoms with Crippen LogP contribution in [0.1, 0.15) is 52.4 Å². The third-order valence-corrected chi connectivity index (χ3v) is 6.54. The van der Waals surface area contributed by atoms with E-state index in [2.05, 4.69) is 24.1 Å². The molecule has 6 heteroatoms. The van der Waals surface area contributed by atoms with Gasteiger partial charge in [0.25, 0.3) is 0 Å². The van der Waals surface area contributed by atoms with Crippen molar-refractivity contribution in [1.82, 2.24) is 20.0 Å². The predicted octanol–water partition coefficient (Wildman–Crippen LogP) is 2.40. The lowest BCUT2D eigenvalue weighted by atomic mass is 9.92. The lowest BCUT2D eigenvalue weighted by molar-refractivity contribution is -0.135. The fourth-order valence-electron chi connectivity index (χ4n) is 5.06. The molecule has 2 unspecified atom stereocenters. The predicted molar refractivity (Wildman–Crippen MR) is 108 cm³/mol. The topological polar surface area (TPSA) is 55.9 Å². The van der Waals surface area contributed by atoms with Crippen molar-refractivity contribution in [3.63, 3.8) is 0 Å². The number of nitrogens with one attached hydrogen (secondary N) is 1. The van der Waals surface area contributed by atoms with Crippen LogP contribution in [0, 0.1) is 17.8 Å². The van der Waals surface area contributed by atoms with Gasteiger partial charge >= 0.3 is 6.03 Å². The van der Waals surface area contributed by atoms with E-state index in [0.717, 1.165) is 58.2 Å². The van der Waals surface area contributed by atoms with Crippen LogP contribution in [-0.4, -0.2) is 79.0 Å². The second kappa shape index (κ2) is 9.76. The standard InChI is InChI=1S/C21H38N4O2/c1-17-13-18(2)15-25(14-17)20(26)16-23-9-11-24(12-10-23)21(27)22-8-7-19-5-3-4-6-19/h17-19H,3-16H2,1-2H3,(H,22,27). The summed E-state index contributed by atoms with van der Waals surface area (Å²) in [6, 6.07) is 0.0673. The van der Waals surface area contributed by atoms with Crippen LogP contribution < -0.4 is 5.32 Å². The summed E-state index contributed by atoms with van der Waals surface area (Å²) in [4.78, 5) is 31.1. The molecule has 3 aliphatic rings. The maximum atomic E-state index is 12.6. The molecule has 0 aromatic carbocycles. The molecule has 0 aromatic heterocycles. The van der Waals surface area contributed by atoms with E-state index in [1.54, 1.807) is 0 Å². The van der Waals surface area contributed by atoms with Crippen LogP contribution in [0.5, 0.6) is 0 Å². The van der Waals surface area contributed by atoms with Crippen molar-refractivity contribution in [1.29, 1.82) is 0 Å². The van der Waals surface area contributed by atoms with Gasteiger partial charge in [0, 0.05) is 45.8 Å². The number of piperidine rings is 1. The first kappa shape index (κ1) is 20.4. The Balaban J connectivity index is 1.33. The van der Waals surface area contributed by atoms with Gasteiger partial charge in [-0.2, -0.15) is 0 Å². The Kier molecular flexibility index (Phi) is 7.39. The van der Waals surface area contributed by atoms with E-state index in [-0.39, 0.29) is 11.9 Å². The van der Waals surface area contributed by atoms with Crippen molar-refractivity contribution in [2.75, 3.05) is 52.4 Å². The summed E-state index contributed by atoms with van der Waals surface area (Å²) in [5.74, 6) is 2.27. The summed E-state index contributed by atoms with van der Waals surface area (Å²) in [7, 11) is 0. The van der Waals surface area contributed by atoms with Gasteiger partial charge in [-0.15, -0.1) is 0 Å². The van der Waals surface area contributed by atoms with Gasteiger partial charge in [0.2, 0.25) is 5.91 Å². The number of rotatable bonds is 5. The van der Waals surface area contributed by atoms with Gasteiger partial charge < -0.3 is 15.1 Å². The smallest absolute Gasteiger partial charge is 0.317 e. The molecule has 2 heterocycles. The fraction of sp³-hybridized carbons (Fsp3) is 0.905. The first-order valence-electron chi connectivity index (χ1n) is 11.0. The molecule has 154 valence electrons. The van der Waals surface area contributed by atoms with Crippen molar-refractivity contribution in [3.8, 4) is 0 Å². The number of carbonyl (C=O) groups is 2. The van der Waals surface area contributed by atoms with E-state index in [9.17, 15) is 9.59 Å². The molecular weight excluding hydrogens is 340 g/mol. The minimum atomic E-state index is 0.0673. The molecule has 0 spiro atoms. The molecular formula is C21H38N4O2. The SMILES string of the molecule is CC1CC(C)CN(C(=O)CN2CCN(C(=O)NCCC3CCCC3)CC2)C1. The van der Waals surface area contributed by atoms with Crippen molar-refractivity contribution in [2.45, 2.75) is 52.4 Å². The molecule has 6 nitrogen and oxygen atoms in total. The average molecular weight is 379 g/mol. The van der Waals surface area contributed by atoms with Crippen LogP contribution in [0.25, 0.3) is 0 Å². The largest absolute Gasteiger partial charge is 0.341 e. The number of piperazine rings is 1. The Bertz CT molecular complexity index is 488. The van der Waals surface area contributed by atoms with Gasteiger partial charge in [-0.25, -0.2) is 4.79 Å². The van der Waals surface area contributed by atoms with Crippen molar-refractivity contribution in [3.05, 3.63) is 0 Å². The molecule has 3 fully saturated rings. The Morgan fingerprint density at radius 2 is 1.56 bits per heavy atom. The van der Waals surface area contributed by atoms with Gasteiger partial charge in [-0.3, -0.25) is 9.69 Å². The van der Waals surface area contributed by atoms with E-state index < -0.39 is 0 Å². The monoisotopic (exact) mass is 378 g/mol. The van der Waals surface area contributed by atoms with E-state index in [4.69, 9.17) is 0 Å². The third kappa shape index (κ3) is 6.09. The van der Waals surface area contributed by atoms with Gasteiger partial charge in [-0.1, -0.05) is 39.5 Å². The summed E-state index contributed by atoms with van der Waals surface area (Å²) in [6.07, 6.45) is 7.71. The van der Waals surface area contributed by atoms with Crippen LogP contribution in [-0.2, 0) is 4.79 Å². The summed E-state index contributed by atoms with van der Waals surface area (Å²) in [5, 5.41) is 3.09. The molecule has 1 N–H and O–H groups in total. The van der Waals surface area contributed by atoms with Crippen LogP contribution in [0.15, 0.2) is 0 Å². The quantitative estimate of drug-likeness (QED) is 0.799. The molecule has 2 saturated heterocycles. The number of nitrogens with zero attached hydrogens (tertiary/aromatic N) is 3. The number of amides is 3. The molecule has 3 amide bonds. The molecule has 0 radical (unpaired) electrons. The zero-order valence-corrected chi connectivity index (χ0v) is 17.3. The van der Waals surface area contributed by atoms with Crippen LogP contribution >= 0.6 is 0 Å². The van der Waals surface area contributed by atoms with E-state index in [1.165, 1.54) is 32.1 Å².